The maximum Gasteiger partial charge on any atom is 0.0897 e. The molecule has 98 valence electrons. The fraction of sp³-hybridized carbons (Fsp3) is 1.00. The van der Waals surface area contributed by atoms with Crippen LogP contribution in [-0.2, 0) is 4.74 Å². The lowest BCUT2D eigenvalue weighted by molar-refractivity contribution is 0.0354. The lowest BCUT2D eigenvalue weighted by atomic mass is 10.2. The second-order valence-corrected chi connectivity index (χ2v) is 4.14. The Bertz CT molecular complexity index is 144. The summed E-state index contributed by atoms with van der Waals surface area (Å²) in [5, 5.41) is 21.9. The van der Waals surface area contributed by atoms with E-state index in [-0.39, 0.29) is 6.10 Å². The van der Waals surface area contributed by atoms with Gasteiger partial charge in [0, 0.05) is 13.2 Å². The normalized spacial score (nSPS) is 15.0. The Morgan fingerprint density at radius 3 is 2.56 bits per heavy atom. The first-order valence-electron chi connectivity index (χ1n) is 6.35. The zero-order chi connectivity index (χ0) is 12.2. The van der Waals surface area contributed by atoms with Crippen LogP contribution in [-0.4, -0.2) is 48.7 Å². The zero-order valence-corrected chi connectivity index (χ0v) is 10.6. The van der Waals surface area contributed by atoms with Crippen LogP contribution in [0.5, 0.6) is 0 Å². The van der Waals surface area contributed by atoms with Crippen LogP contribution >= 0.6 is 0 Å². The van der Waals surface area contributed by atoms with Crippen molar-refractivity contribution in [2.75, 3.05) is 26.3 Å². The molecular formula is C12H27NO3. The van der Waals surface area contributed by atoms with Gasteiger partial charge in [0.1, 0.15) is 0 Å². The summed E-state index contributed by atoms with van der Waals surface area (Å²) in [5.41, 5.74) is 0. The standard InChI is InChI=1S/C12H27NO3/c1-3-5-8-16-10-12(15)9-13-7-6-11(14)4-2/h11-15H,3-10H2,1-2H3. The Hall–Kier alpha value is -0.160. The molecule has 3 N–H and O–H groups in total. The molecule has 0 amide bonds. The molecule has 0 bridgehead atoms. The van der Waals surface area contributed by atoms with Crippen LogP contribution in [0.1, 0.15) is 39.5 Å². The minimum atomic E-state index is -0.448. The lowest BCUT2D eigenvalue weighted by Gasteiger charge is -2.13. The van der Waals surface area contributed by atoms with Crippen molar-refractivity contribution in [2.45, 2.75) is 51.7 Å². The fourth-order valence-electron chi connectivity index (χ4n) is 1.27. The molecule has 2 atom stereocenters. The van der Waals surface area contributed by atoms with E-state index in [4.69, 9.17) is 4.74 Å². The minimum Gasteiger partial charge on any atom is -0.393 e. The van der Waals surface area contributed by atoms with E-state index in [9.17, 15) is 10.2 Å². The molecule has 4 heteroatoms. The molecule has 0 heterocycles. The first-order chi connectivity index (χ1) is 7.70. The Labute approximate surface area is 99.0 Å². The second-order valence-electron chi connectivity index (χ2n) is 4.14. The number of hydrogen-bond acceptors (Lipinski definition) is 4. The van der Waals surface area contributed by atoms with Gasteiger partial charge in [0.05, 0.1) is 18.8 Å². The highest BCUT2D eigenvalue weighted by Crippen LogP contribution is 1.94. The Morgan fingerprint density at radius 1 is 1.19 bits per heavy atom. The molecule has 0 fully saturated rings. The molecule has 0 radical (unpaired) electrons. The monoisotopic (exact) mass is 233 g/mol. The molecule has 0 aliphatic carbocycles. The molecular weight excluding hydrogens is 206 g/mol. The van der Waals surface area contributed by atoms with Crippen molar-refractivity contribution in [3.63, 3.8) is 0 Å². The van der Waals surface area contributed by atoms with Crippen molar-refractivity contribution in [1.29, 1.82) is 0 Å². The number of rotatable bonds is 11. The van der Waals surface area contributed by atoms with Crippen LogP contribution in [0.3, 0.4) is 0 Å². The molecule has 0 saturated carbocycles. The molecule has 0 aromatic rings. The second kappa shape index (κ2) is 11.3. The average molecular weight is 233 g/mol. The quantitative estimate of drug-likeness (QED) is 0.464. The summed E-state index contributed by atoms with van der Waals surface area (Å²) in [7, 11) is 0. The van der Waals surface area contributed by atoms with Crippen LogP contribution in [0, 0.1) is 0 Å². The van der Waals surface area contributed by atoms with Gasteiger partial charge in [-0.2, -0.15) is 0 Å². The van der Waals surface area contributed by atoms with Gasteiger partial charge in [-0.15, -0.1) is 0 Å². The third-order valence-corrected chi connectivity index (χ3v) is 2.46. The fourth-order valence-corrected chi connectivity index (χ4v) is 1.27. The predicted octanol–water partition coefficient (Wildman–Crippen LogP) is 0.915. The summed E-state index contributed by atoms with van der Waals surface area (Å²) in [6.07, 6.45) is 3.00. The van der Waals surface area contributed by atoms with Gasteiger partial charge in [0.2, 0.25) is 0 Å². The van der Waals surface area contributed by atoms with Crippen molar-refractivity contribution >= 4 is 0 Å². The van der Waals surface area contributed by atoms with Crippen LogP contribution in [0.15, 0.2) is 0 Å². The molecule has 0 rings (SSSR count). The third-order valence-electron chi connectivity index (χ3n) is 2.46. The van der Waals surface area contributed by atoms with E-state index in [0.29, 0.717) is 13.2 Å². The summed E-state index contributed by atoms with van der Waals surface area (Å²) < 4.78 is 5.30. The summed E-state index contributed by atoms with van der Waals surface area (Å²) in [4.78, 5) is 0. The van der Waals surface area contributed by atoms with E-state index in [1.165, 1.54) is 0 Å². The summed E-state index contributed by atoms with van der Waals surface area (Å²) in [6.45, 7) is 6.45. The van der Waals surface area contributed by atoms with E-state index >= 15 is 0 Å². The molecule has 4 nitrogen and oxygen atoms in total. The van der Waals surface area contributed by atoms with Gasteiger partial charge in [-0.25, -0.2) is 0 Å². The first kappa shape index (κ1) is 15.8. The molecule has 0 spiro atoms. The number of aliphatic hydroxyl groups is 2. The molecule has 0 aliphatic heterocycles. The average Bonchev–Trinajstić information content (AvgIpc) is 2.30. The van der Waals surface area contributed by atoms with Gasteiger partial charge >= 0.3 is 0 Å². The van der Waals surface area contributed by atoms with Crippen molar-refractivity contribution in [2.24, 2.45) is 0 Å². The largest absolute Gasteiger partial charge is 0.393 e. The van der Waals surface area contributed by atoms with Crippen molar-refractivity contribution in [1.82, 2.24) is 5.32 Å². The Morgan fingerprint density at radius 2 is 1.94 bits per heavy atom. The number of unbranched alkanes of at least 4 members (excludes halogenated alkanes) is 1. The Balaban J connectivity index is 3.20. The van der Waals surface area contributed by atoms with Gasteiger partial charge in [0.25, 0.3) is 0 Å². The van der Waals surface area contributed by atoms with Crippen LogP contribution in [0.25, 0.3) is 0 Å². The maximum atomic E-state index is 9.52. The van der Waals surface area contributed by atoms with E-state index < -0.39 is 6.10 Å². The van der Waals surface area contributed by atoms with Crippen molar-refractivity contribution in [3.05, 3.63) is 0 Å². The topological polar surface area (TPSA) is 61.7 Å². The number of hydrogen-bond donors (Lipinski definition) is 3. The highest BCUT2D eigenvalue weighted by atomic mass is 16.5. The highest BCUT2D eigenvalue weighted by molar-refractivity contribution is 4.60. The number of nitrogens with one attached hydrogen (secondary N) is 1. The third kappa shape index (κ3) is 10.4. The number of aliphatic hydroxyl groups excluding tert-OH is 2. The van der Waals surface area contributed by atoms with Gasteiger partial charge < -0.3 is 20.3 Å². The highest BCUT2D eigenvalue weighted by Gasteiger charge is 2.04. The Kier molecular flexibility index (Phi) is 11.2. The van der Waals surface area contributed by atoms with Gasteiger partial charge in [-0.05, 0) is 25.8 Å². The summed E-state index contributed by atoms with van der Waals surface area (Å²) >= 11 is 0. The van der Waals surface area contributed by atoms with Crippen molar-refractivity contribution < 1.29 is 14.9 Å². The van der Waals surface area contributed by atoms with E-state index in [1.807, 2.05) is 6.92 Å². The SMILES string of the molecule is CCCCOCC(O)CNCCC(O)CC. The van der Waals surface area contributed by atoms with E-state index in [2.05, 4.69) is 12.2 Å². The van der Waals surface area contributed by atoms with Crippen LogP contribution in [0.4, 0.5) is 0 Å². The van der Waals surface area contributed by atoms with Gasteiger partial charge in [0.15, 0.2) is 0 Å². The van der Waals surface area contributed by atoms with E-state index in [0.717, 1.165) is 38.8 Å². The molecule has 2 unspecified atom stereocenters. The van der Waals surface area contributed by atoms with Gasteiger partial charge in [-0.3, -0.25) is 0 Å². The van der Waals surface area contributed by atoms with Crippen LogP contribution in [0.2, 0.25) is 0 Å². The molecule has 0 saturated heterocycles. The predicted molar refractivity (Wildman–Crippen MR) is 65.5 cm³/mol. The molecule has 16 heavy (non-hydrogen) atoms. The summed E-state index contributed by atoms with van der Waals surface area (Å²) in [6, 6.07) is 0. The first-order valence-corrected chi connectivity index (χ1v) is 6.35. The van der Waals surface area contributed by atoms with Crippen LogP contribution < -0.4 is 5.32 Å². The molecule has 0 aromatic heterocycles. The molecule has 0 aromatic carbocycles. The van der Waals surface area contributed by atoms with Gasteiger partial charge in [-0.1, -0.05) is 20.3 Å². The maximum absolute atomic E-state index is 9.52. The smallest absolute Gasteiger partial charge is 0.0897 e. The minimum absolute atomic E-state index is 0.231. The summed E-state index contributed by atoms with van der Waals surface area (Å²) in [5.74, 6) is 0. The zero-order valence-electron chi connectivity index (χ0n) is 10.6. The van der Waals surface area contributed by atoms with Crippen molar-refractivity contribution in [3.8, 4) is 0 Å². The lowest BCUT2D eigenvalue weighted by Crippen LogP contribution is -2.32. The van der Waals surface area contributed by atoms with E-state index in [1.54, 1.807) is 0 Å². The number of ether oxygens (including phenoxy) is 1. The molecule has 0 aliphatic rings.